The molecule has 120 valence electrons. The molecule has 0 spiro atoms. The van der Waals surface area contributed by atoms with Crippen molar-refractivity contribution < 1.29 is 14.7 Å². The van der Waals surface area contributed by atoms with E-state index in [9.17, 15) is 9.59 Å². The Hall–Kier alpha value is -1.53. The van der Waals surface area contributed by atoms with Crippen molar-refractivity contribution in [1.29, 1.82) is 0 Å². The van der Waals surface area contributed by atoms with Crippen LogP contribution in [-0.4, -0.2) is 34.3 Å². The fourth-order valence-corrected chi connectivity index (χ4v) is 4.45. The molecule has 0 fully saturated rings. The van der Waals surface area contributed by atoms with Gasteiger partial charge in [-0.05, 0) is 24.5 Å². The third-order valence-electron chi connectivity index (χ3n) is 4.34. The molecule has 0 saturated heterocycles. The van der Waals surface area contributed by atoms with Crippen LogP contribution in [0.5, 0.6) is 0 Å². The summed E-state index contributed by atoms with van der Waals surface area (Å²) in [6.07, 6.45) is 0.734. The number of thioether (sulfide) groups is 1. The van der Waals surface area contributed by atoms with E-state index >= 15 is 0 Å². The van der Waals surface area contributed by atoms with Gasteiger partial charge in [-0.15, -0.1) is 11.8 Å². The Morgan fingerprint density at radius 1 is 1.45 bits per heavy atom. The molecule has 0 saturated carbocycles. The van der Waals surface area contributed by atoms with E-state index in [1.54, 1.807) is 23.9 Å². The SMILES string of the molecule is CCC1(C(C)C)Sc2ccccc2N(CC(=O)O)C(=O)C1N. The predicted molar refractivity (Wildman–Crippen MR) is 88.1 cm³/mol. The molecule has 1 aromatic carbocycles. The lowest BCUT2D eigenvalue weighted by atomic mass is 9.84. The zero-order valence-corrected chi connectivity index (χ0v) is 13.9. The first-order chi connectivity index (χ1) is 10.3. The van der Waals surface area contributed by atoms with E-state index in [1.165, 1.54) is 4.90 Å². The fourth-order valence-electron chi connectivity index (χ4n) is 3.01. The molecule has 0 bridgehead atoms. The number of anilines is 1. The van der Waals surface area contributed by atoms with Gasteiger partial charge in [-0.3, -0.25) is 14.5 Å². The number of carbonyl (C=O) groups excluding carboxylic acids is 1. The maximum Gasteiger partial charge on any atom is 0.323 e. The van der Waals surface area contributed by atoms with Gasteiger partial charge in [0.05, 0.1) is 5.69 Å². The number of nitrogens with zero attached hydrogens (tertiary/aromatic N) is 1. The van der Waals surface area contributed by atoms with Crippen molar-refractivity contribution in [2.75, 3.05) is 11.4 Å². The molecule has 5 nitrogen and oxygen atoms in total. The van der Waals surface area contributed by atoms with E-state index in [-0.39, 0.29) is 18.4 Å². The lowest BCUT2D eigenvalue weighted by molar-refractivity contribution is -0.136. The highest BCUT2D eigenvalue weighted by Gasteiger charge is 2.47. The van der Waals surface area contributed by atoms with Gasteiger partial charge < -0.3 is 10.8 Å². The van der Waals surface area contributed by atoms with Crippen molar-refractivity contribution in [2.24, 2.45) is 11.7 Å². The number of fused-ring (bicyclic) bond motifs is 1. The van der Waals surface area contributed by atoms with Gasteiger partial charge >= 0.3 is 5.97 Å². The Kier molecular flexibility index (Phi) is 4.82. The molecule has 22 heavy (non-hydrogen) atoms. The zero-order chi connectivity index (χ0) is 16.5. The van der Waals surface area contributed by atoms with E-state index in [2.05, 4.69) is 13.8 Å². The number of carbonyl (C=O) groups is 2. The minimum Gasteiger partial charge on any atom is -0.480 e. The van der Waals surface area contributed by atoms with Crippen molar-refractivity contribution in [3.63, 3.8) is 0 Å². The Labute approximate surface area is 134 Å². The summed E-state index contributed by atoms with van der Waals surface area (Å²) in [6.45, 7) is 5.76. The zero-order valence-electron chi connectivity index (χ0n) is 13.1. The van der Waals surface area contributed by atoms with Crippen LogP contribution in [0.1, 0.15) is 27.2 Å². The number of rotatable bonds is 4. The van der Waals surface area contributed by atoms with E-state index in [0.717, 1.165) is 11.3 Å². The van der Waals surface area contributed by atoms with Crippen molar-refractivity contribution in [3.05, 3.63) is 24.3 Å². The van der Waals surface area contributed by atoms with Gasteiger partial charge in [0.2, 0.25) is 5.91 Å². The van der Waals surface area contributed by atoms with Crippen LogP contribution >= 0.6 is 11.8 Å². The van der Waals surface area contributed by atoms with Gasteiger partial charge in [0.15, 0.2) is 0 Å². The Bertz CT molecular complexity index is 591. The van der Waals surface area contributed by atoms with Crippen molar-refractivity contribution in [1.82, 2.24) is 0 Å². The fraction of sp³-hybridized carbons (Fsp3) is 0.500. The van der Waals surface area contributed by atoms with Crippen LogP contribution in [0.4, 0.5) is 5.69 Å². The summed E-state index contributed by atoms with van der Waals surface area (Å²) in [5, 5.41) is 9.14. The molecule has 1 aliphatic rings. The average Bonchev–Trinajstić information content (AvgIpc) is 2.56. The molecule has 6 heteroatoms. The quantitative estimate of drug-likeness (QED) is 0.889. The Morgan fingerprint density at radius 2 is 2.09 bits per heavy atom. The molecule has 2 atom stereocenters. The molecule has 1 heterocycles. The normalized spacial score (nSPS) is 25.0. The number of amides is 1. The number of hydrogen-bond acceptors (Lipinski definition) is 4. The first-order valence-corrected chi connectivity index (χ1v) is 8.22. The Balaban J connectivity index is 2.61. The van der Waals surface area contributed by atoms with Gasteiger partial charge in [-0.2, -0.15) is 0 Å². The van der Waals surface area contributed by atoms with Gasteiger partial charge in [0.1, 0.15) is 12.6 Å². The van der Waals surface area contributed by atoms with Crippen LogP contribution in [0.25, 0.3) is 0 Å². The molecular weight excluding hydrogens is 300 g/mol. The topological polar surface area (TPSA) is 83.6 Å². The maximum absolute atomic E-state index is 12.8. The predicted octanol–water partition coefficient (Wildman–Crippen LogP) is 2.34. The number of carboxylic acid groups (broad SMARTS) is 1. The summed E-state index contributed by atoms with van der Waals surface area (Å²) >= 11 is 1.60. The highest BCUT2D eigenvalue weighted by atomic mass is 32.2. The number of benzene rings is 1. The monoisotopic (exact) mass is 322 g/mol. The van der Waals surface area contributed by atoms with Crippen LogP contribution in [0.15, 0.2) is 29.2 Å². The second-order valence-electron chi connectivity index (χ2n) is 5.83. The van der Waals surface area contributed by atoms with Crippen molar-refractivity contribution in [3.8, 4) is 0 Å². The number of nitrogens with two attached hydrogens (primary N) is 1. The molecule has 1 amide bonds. The van der Waals surface area contributed by atoms with Crippen LogP contribution in [-0.2, 0) is 9.59 Å². The largest absolute Gasteiger partial charge is 0.480 e. The molecule has 3 N–H and O–H groups in total. The molecule has 2 rings (SSSR count). The molecule has 2 unspecified atom stereocenters. The number of aliphatic carboxylic acids is 1. The first-order valence-electron chi connectivity index (χ1n) is 7.40. The average molecular weight is 322 g/mol. The molecule has 0 aliphatic carbocycles. The lowest BCUT2D eigenvalue weighted by Gasteiger charge is -2.39. The molecule has 0 aromatic heterocycles. The maximum atomic E-state index is 12.8. The van der Waals surface area contributed by atoms with E-state index in [1.807, 2.05) is 19.1 Å². The number of hydrogen-bond donors (Lipinski definition) is 2. The van der Waals surface area contributed by atoms with Crippen LogP contribution < -0.4 is 10.6 Å². The van der Waals surface area contributed by atoms with Crippen molar-refractivity contribution >= 4 is 29.3 Å². The van der Waals surface area contributed by atoms with E-state index in [4.69, 9.17) is 10.8 Å². The summed E-state index contributed by atoms with van der Waals surface area (Å²) in [5.41, 5.74) is 6.94. The third-order valence-corrected chi connectivity index (χ3v) is 6.30. The van der Waals surface area contributed by atoms with Crippen molar-refractivity contribution in [2.45, 2.75) is 42.9 Å². The van der Waals surface area contributed by atoms with Crippen LogP contribution in [0, 0.1) is 5.92 Å². The minimum atomic E-state index is -1.05. The highest BCUT2D eigenvalue weighted by molar-refractivity contribution is 8.01. The van der Waals surface area contributed by atoms with Gasteiger partial charge in [0, 0.05) is 9.64 Å². The van der Waals surface area contributed by atoms with E-state index < -0.39 is 16.8 Å². The summed E-state index contributed by atoms with van der Waals surface area (Å²) < 4.78 is -0.444. The molecule has 1 aromatic rings. The highest BCUT2D eigenvalue weighted by Crippen LogP contribution is 2.49. The van der Waals surface area contributed by atoms with Crippen LogP contribution in [0.3, 0.4) is 0 Å². The lowest BCUT2D eigenvalue weighted by Crippen LogP contribution is -2.57. The standard InChI is InChI=1S/C16H22N2O3S/c1-4-16(10(2)3)14(17)15(21)18(9-13(19)20)11-7-5-6-8-12(11)22-16/h5-8,10,14H,4,9,17H2,1-3H3,(H,19,20). The summed E-state index contributed by atoms with van der Waals surface area (Å²) in [7, 11) is 0. The third kappa shape index (κ3) is 2.73. The molecular formula is C16H22N2O3S. The van der Waals surface area contributed by atoms with Gasteiger partial charge in [-0.1, -0.05) is 32.9 Å². The minimum absolute atomic E-state index is 0.180. The van der Waals surface area contributed by atoms with Crippen LogP contribution in [0.2, 0.25) is 0 Å². The molecule has 1 aliphatic heterocycles. The summed E-state index contributed by atoms with van der Waals surface area (Å²) in [6, 6.07) is 6.66. The summed E-state index contributed by atoms with van der Waals surface area (Å²) in [5.74, 6) is -1.19. The number of carboxylic acids is 1. The second kappa shape index (κ2) is 6.30. The number of para-hydroxylation sites is 1. The Morgan fingerprint density at radius 3 is 2.64 bits per heavy atom. The van der Waals surface area contributed by atoms with E-state index in [0.29, 0.717) is 5.69 Å². The second-order valence-corrected chi connectivity index (χ2v) is 7.23. The molecule has 0 radical (unpaired) electrons. The van der Waals surface area contributed by atoms with Gasteiger partial charge in [-0.25, -0.2) is 0 Å². The first kappa shape index (κ1) is 16.8. The summed E-state index contributed by atoms with van der Waals surface area (Å²) in [4.78, 5) is 26.2. The van der Waals surface area contributed by atoms with Gasteiger partial charge in [0.25, 0.3) is 0 Å². The smallest absolute Gasteiger partial charge is 0.323 e.